The summed E-state index contributed by atoms with van der Waals surface area (Å²) >= 11 is 0. The number of amides is 1. The van der Waals surface area contributed by atoms with E-state index in [4.69, 9.17) is 15.9 Å². The summed E-state index contributed by atoms with van der Waals surface area (Å²) in [4.78, 5) is 13.3. The van der Waals surface area contributed by atoms with Crippen molar-refractivity contribution >= 4 is 5.91 Å². The van der Waals surface area contributed by atoms with Crippen LogP contribution in [0.5, 0.6) is 0 Å². The molecule has 1 atom stereocenters. The molecule has 0 aromatic rings. The topological polar surface area (TPSA) is 86.8 Å². The van der Waals surface area contributed by atoms with E-state index in [1.54, 1.807) is 0 Å². The average molecular weight is 246 g/mol. The highest BCUT2D eigenvalue weighted by molar-refractivity contribution is 5.76. The van der Waals surface area contributed by atoms with E-state index >= 15 is 0 Å². The minimum Gasteiger partial charge on any atom is -0.395 e. The maximum atomic E-state index is 11.8. The lowest BCUT2D eigenvalue weighted by molar-refractivity contribution is -0.132. The summed E-state index contributed by atoms with van der Waals surface area (Å²) < 4.78 is 0. The van der Waals surface area contributed by atoms with Crippen molar-refractivity contribution in [3.63, 3.8) is 0 Å². The van der Waals surface area contributed by atoms with Crippen molar-refractivity contribution in [2.45, 2.75) is 39.7 Å². The molecule has 0 aliphatic rings. The molecular weight excluding hydrogens is 220 g/mol. The van der Waals surface area contributed by atoms with Crippen LogP contribution in [0.1, 0.15) is 33.6 Å². The zero-order chi connectivity index (χ0) is 13.5. The number of rotatable bonds is 7. The summed E-state index contributed by atoms with van der Waals surface area (Å²) in [5, 5.41) is 17.7. The second-order valence-electron chi connectivity index (χ2n) is 5.56. The number of aliphatic hydroxyl groups is 2. The number of carbonyl (C=O) groups excluding carboxylic acids is 1. The van der Waals surface area contributed by atoms with Crippen molar-refractivity contribution in [2.24, 2.45) is 11.1 Å². The Morgan fingerprint density at radius 2 is 1.71 bits per heavy atom. The van der Waals surface area contributed by atoms with Gasteiger partial charge in [-0.1, -0.05) is 20.8 Å². The van der Waals surface area contributed by atoms with E-state index < -0.39 is 0 Å². The highest BCUT2D eigenvalue weighted by atomic mass is 16.3. The van der Waals surface area contributed by atoms with Gasteiger partial charge in [-0.3, -0.25) is 4.79 Å². The molecular formula is C12H26N2O3. The highest BCUT2D eigenvalue weighted by Gasteiger charge is 2.20. The predicted molar refractivity (Wildman–Crippen MR) is 67.4 cm³/mol. The van der Waals surface area contributed by atoms with Gasteiger partial charge in [0.2, 0.25) is 5.91 Å². The van der Waals surface area contributed by atoms with Crippen LogP contribution in [0.4, 0.5) is 0 Å². The number of hydrogen-bond acceptors (Lipinski definition) is 4. The summed E-state index contributed by atoms with van der Waals surface area (Å²) in [6.45, 7) is 6.55. The van der Waals surface area contributed by atoms with Gasteiger partial charge in [0.15, 0.2) is 0 Å². The van der Waals surface area contributed by atoms with Crippen molar-refractivity contribution in [2.75, 3.05) is 26.3 Å². The Morgan fingerprint density at radius 1 is 1.24 bits per heavy atom. The molecule has 0 aromatic heterocycles. The van der Waals surface area contributed by atoms with E-state index in [9.17, 15) is 4.79 Å². The quantitative estimate of drug-likeness (QED) is 0.588. The predicted octanol–water partition coefficient (Wildman–Crippen LogP) is -0.0468. The molecule has 0 bridgehead atoms. The Bertz CT molecular complexity index is 220. The van der Waals surface area contributed by atoms with E-state index in [0.717, 1.165) is 6.42 Å². The highest BCUT2D eigenvalue weighted by Crippen LogP contribution is 2.21. The average Bonchev–Trinajstić information content (AvgIpc) is 2.14. The lowest BCUT2D eigenvalue weighted by Gasteiger charge is -2.26. The smallest absolute Gasteiger partial charge is 0.224 e. The van der Waals surface area contributed by atoms with Gasteiger partial charge in [-0.25, -0.2) is 0 Å². The molecule has 5 nitrogen and oxygen atoms in total. The molecule has 0 aliphatic carbocycles. The molecule has 5 heteroatoms. The SMILES string of the molecule is CC(C)(C)CC(N)CC(=O)N(CCO)CCO. The molecule has 0 rings (SSSR count). The molecule has 17 heavy (non-hydrogen) atoms. The molecule has 0 fully saturated rings. The summed E-state index contributed by atoms with van der Waals surface area (Å²) in [7, 11) is 0. The van der Waals surface area contributed by atoms with Crippen molar-refractivity contribution in [1.29, 1.82) is 0 Å². The molecule has 0 aromatic carbocycles. The molecule has 1 amide bonds. The van der Waals surface area contributed by atoms with Crippen LogP contribution >= 0.6 is 0 Å². The van der Waals surface area contributed by atoms with Gasteiger partial charge in [0.1, 0.15) is 0 Å². The second-order valence-corrected chi connectivity index (χ2v) is 5.56. The number of aliphatic hydroxyl groups excluding tert-OH is 2. The first-order valence-corrected chi connectivity index (χ1v) is 6.05. The van der Waals surface area contributed by atoms with Gasteiger partial charge in [0.25, 0.3) is 0 Å². The lowest BCUT2D eigenvalue weighted by Crippen LogP contribution is -2.40. The van der Waals surface area contributed by atoms with E-state index in [0.29, 0.717) is 0 Å². The number of carbonyl (C=O) groups is 1. The summed E-state index contributed by atoms with van der Waals surface area (Å²) in [5.74, 6) is -0.107. The van der Waals surface area contributed by atoms with E-state index in [1.165, 1.54) is 4.90 Å². The van der Waals surface area contributed by atoms with Gasteiger partial charge >= 0.3 is 0 Å². The third kappa shape index (κ3) is 8.12. The van der Waals surface area contributed by atoms with Gasteiger partial charge in [-0.15, -0.1) is 0 Å². The maximum Gasteiger partial charge on any atom is 0.224 e. The largest absolute Gasteiger partial charge is 0.395 e. The van der Waals surface area contributed by atoms with Crippen LogP contribution in [-0.4, -0.2) is 53.4 Å². The third-order valence-electron chi connectivity index (χ3n) is 2.40. The van der Waals surface area contributed by atoms with Crippen LogP contribution in [0.15, 0.2) is 0 Å². The molecule has 0 spiro atoms. The van der Waals surface area contributed by atoms with Crippen molar-refractivity contribution < 1.29 is 15.0 Å². The Morgan fingerprint density at radius 3 is 2.06 bits per heavy atom. The van der Waals surface area contributed by atoms with Crippen LogP contribution in [0.3, 0.4) is 0 Å². The monoisotopic (exact) mass is 246 g/mol. The standard InChI is InChI=1S/C12H26N2O3/c1-12(2,3)9-10(13)8-11(17)14(4-6-15)5-7-16/h10,15-16H,4-9,13H2,1-3H3. The first-order valence-electron chi connectivity index (χ1n) is 6.05. The second kappa shape index (κ2) is 7.63. The number of hydrogen-bond donors (Lipinski definition) is 3. The summed E-state index contributed by atoms with van der Waals surface area (Å²) in [5.41, 5.74) is 6.01. The fraction of sp³-hybridized carbons (Fsp3) is 0.917. The number of nitrogens with two attached hydrogens (primary N) is 1. The lowest BCUT2D eigenvalue weighted by atomic mass is 9.87. The first kappa shape index (κ1) is 16.4. The summed E-state index contributed by atoms with van der Waals surface area (Å²) in [6, 6.07) is -0.178. The van der Waals surface area contributed by atoms with E-state index in [1.807, 2.05) is 0 Å². The minimum absolute atomic E-state index is 0.0957. The van der Waals surface area contributed by atoms with Gasteiger partial charge in [0.05, 0.1) is 13.2 Å². The molecule has 0 aliphatic heterocycles. The van der Waals surface area contributed by atoms with Gasteiger partial charge in [-0.2, -0.15) is 0 Å². The minimum atomic E-state index is -0.178. The zero-order valence-electron chi connectivity index (χ0n) is 11.1. The normalized spacial score (nSPS) is 13.5. The molecule has 102 valence electrons. The van der Waals surface area contributed by atoms with Crippen molar-refractivity contribution in [1.82, 2.24) is 4.90 Å². The van der Waals surface area contributed by atoms with Crippen LogP contribution in [0.25, 0.3) is 0 Å². The molecule has 0 saturated heterocycles. The third-order valence-corrected chi connectivity index (χ3v) is 2.40. The maximum absolute atomic E-state index is 11.8. The van der Waals surface area contributed by atoms with Crippen LogP contribution in [-0.2, 0) is 4.79 Å². The molecule has 0 heterocycles. The molecule has 0 radical (unpaired) electrons. The van der Waals surface area contributed by atoms with Gasteiger partial charge < -0.3 is 20.8 Å². The van der Waals surface area contributed by atoms with Crippen molar-refractivity contribution in [3.05, 3.63) is 0 Å². The Hall–Kier alpha value is -0.650. The Labute approximate surface area is 104 Å². The number of nitrogens with zero attached hydrogens (tertiary/aromatic N) is 1. The molecule has 0 saturated carbocycles. The van der Waals surface area contributed by atoms with Gasteiger partial charge in [-0.05, 0) is 11.8 Å². The Balaban J connectivity index is 4.19. The zero-order valence-corrected chi connectivity index (χ0v) is 11.1. The fourth-order valence-corrected chi connectivity index (χ4v) is 1.81. The molecule has 1 unspecified atom stereocenters. The van der Waals surface area contributed by atoms with Crippen LogP contribution < -0.4 is 5.73 Å². The first-order chi connectivity index (χ1) is 7.80. The van der Waals surface area contributed by atoms with E-state index in [-0.39, 0.29) is 50.1 Å². The van der Waals surface area contributed by atoms with Crippen LogP contribution in [0, 0.1) is 5.41 Å². The Kier molecular flexibility index (Phi) is 7.34. The molecule has 4 N–H and O–H groups in total. The van der Waals surface area contributed by atoms with E-state index in [2.05, 4.69) is 20.8 Å². The van der Waals surface area contributed by atoms with Crippen LogP contribution in [0.2, 0.25) is 0 Å². The van der Waals surface area contributed by atoms with Crippen molar-refractivity contribution in [3.8, 4) is 0 Å². The fourth-order valence-electron chi connectivity index (χ4n) is 1.81. The summed E-state index contributed by atoms with van der Waals surface area (Å²) in [6.07, 6.45) is 1.03. The van der Waals surface area contributed by atoms with Gasteiger partial charge in [0, 0.05) is 25.6 Å².